The van der Waals surface area contributed by atoms with Crippen LogP contribution in [0.1, 0.15) is 36.5 Å². The fourth-order valence-corrected chi connectivity index (χ4v) is 2.80. The molecular formula is C16H18N2O. The molecule has 1 aromatic heterocycles. The van der Waals surface area contributed by atoms with Crippen LogP contribution >= 0.6 is 0 Å². The number of nitrogens with one attached hydrogen (secondary N) is 1. The van der Waals surface area contributed by atoms with Crippen LogP contribution < -0.4 is 5.56 Å². The molecule has 3 heteroatoms. The van der Waals surface area contributed by atoms with Gasteiger partial charge in [-0.1, -0.05) is 31.2 Å². The Kier molecular flexibility index (Phi) is 3.20. The Morgan fingerprint density at radius 1 is 1.11 bits per heavy atom. The summed E-state index contributed by atoms with van der Waals surface area (Å²) >= 11 is 0. The summed E-state index contributed by atoms with van der Waals surface area (Å²) in [5, 5.41) is 6.93. The number of H-pyrrole nitrogens is 1. The number of aromatic amines is 1. The maximum absolute atomic E-state index is 11.8. The first-order valence-electron chi connectivity index (χ1n) is 6.99. The van der Waals surface area contributed by atoms with Crippen LogP contribution in [0, 0.1) is 0 Å². The van der Waals surface area contributed by atoms with Crippen molar-refractivity contribution in [3.05, 3.63) is 51.3 Å². The smallest absolute Gasteiger partial charge is 0.267 e. The van der Waals surface area contributed by atoms with Gasteiger partial charge in [-0.2, -0.15) is 5.10 Å². The molecule has 0 bridgehead atoms. The van der Waals surface area contributed by atoms with Crippen LogP contribution in [0.25, 0.3) is 11.3 Å². The van der Waals surface area contributed by atoms with Gasteiger partial charge in [-0.15, -0.1) is 0 Å². The third kappa shape index (κ3) is 2.21. The van der Waals surface area contributed by atoms with E-state index in [-0.39, 0.29) is 5.56 Å². The van der Waals surface area contributed by atoms with E-state index >= 15 is 0 Å². The van der Waals surface area contributed by atoms with E-state index in [9.17, 15) is 4.79 Å². The van der Waals surface area contributed by atoms with E-state index in [4.69, 9.17) is 0 Å². The zero-order chi connectivity index (χ0) is 13.2. The molecule has 0 saturated carbocycles. The highest BCUT2D eigenvalue weighted by Crippen LogP contribution is 2.27. The summed E-state index contributed by atoms with van der Waals surface area (Å²) in [6.45, 7) is 2.15. The highest BCUT2D eigenvalue weighted by Gasteiger charge is 2.18. The monoisotopic (exact) mass is 254 g/mol. The van der Waals surface area contributed by atoms with Gasteiger partial charge in [-0.3, -0.25) is 4.79 Å². The van der Waals surface area contributed by atoms with Crippen LogP contribution in [-0.2, 0) is 19.3 Å². The molecule has 1 aliphatic carbocycles. The SMILES string of the molecule is CCc1ccc(-c2n[nH]c(=O)c3c2CCCC3)cc1. The van der Waals surface area contributed by atoms with E-state index in [0.29, 0.717) is 0 Å². The average Bonchev–Trinajstić information content (AvgIpc) is 2.48. The van der Waals surface area contributed by atoms with Crippen LogP contribution in [0.5, 0.6) is 0 Å². The first-order valence-corrected chi connectivity index (χ1v) is 6.99. The molecule has 1 heterocycles. The van der Waals surface area contributed by atoms with Crippen LogP contribution in [0.2, 0.25) is 0 Å². The molecule has 98 valence electrons. The minimum Gasteiger partial charge on any atom is -0.268 e. The number of hydrogen-bond donors (Lipinski definition) is 1. The van der Waals surface area contributed by atoms with E-state index in [1.807, 2.05) is 0 Å². The number of benzene rings is 1. The Morgan fingerprint density at radius 2 is 1.79 bits per heavy atom. The first kappa shape index (κ1) is 12.2. The van der Waals surface area contributed by atoms with E-state index in [1.165, 1.54) is 5.56 Å². The maximum atomic E-state index is 11.8. The topological polar surface area (TPSA) is 45.8 Å². The summed E-state index contributed by atoms with van der Waals surface area (Å²) < 4.78 is 0. The lowest BCUT2D eigenvalue weighted by Crippen LogP contribution is -2.21. The van der Waals surface area contributed by atoms with Gasteiger partial charge < -0.3 is 0 Å². The lowest BCUT2D eigenvalue weighted by atomic mass is 9.90. The number of nitrogens with zero attached hydrogens (tertiary/aromatic N) is 1. The molecule has 0 spiro atoms. The predicted molar refractivity (Wildman–Crippen MR) is 76.3 cm³/mol. The molecule has 2 aromatic rings. The molecule has 0 saturated heterocycles. The minimum atomic E-state index is -0.0105. The zero-order valence-corrected chi connectivity index (χ0v) is 11.2. The first-order chi connectivity index (χ1) is 9.29. The molecule has 0 radical (unpaired) electrons. The van der Waals surface area contributed by atoms with E-state index < -0.39 is 0 Å². The highest BCUT2D eigenvalue weighted by molar-refractivity contribution is 5.64. The fourth-order valence-electron chi connectivity index (χ4n) is 2.80. The van der Waals surface area contributed by atoms with E-state index in [0.717, 1.165) is 54.5 Å². The zero-order valence-electron chi connectivity index (χ0n) is 11.2. The van der Waals surface area contributed by atoms with Crippen molar-refractivity contribution in [2.45, 2.75) is 39.0 Å². The standard InChI is InChI=1S/C16H18N2O/c1-2-11-7-9-12(10-8-11)15-13-5-3-4-6-14(13)16(19)18-17-15/h7-10H,2-6H2,1H3,(H,18,19). The molecule has 0 atom stereocenters. The molecule has 3 nitrogen and oxygen atoms in total. The van der Waals surface area contributed by atoms with Crippen molar-refractivity contribution < 1.29 is 0 Å². The maximum Gasteiger partial charge on any atom is 0.267 e. The Labute approximate surface area is 112 Å². The second kappa shape index (κ2) is 5.00. The molecule has 19 heavy (non-hydrogen) atoms. The Morgan fingerprint density at radius 3 is 2.47 bits per heavy atom. The van der Waals surface area contributed by atoms with Gasteiger partial charge in [0.25, 0.3) is 5.56 Å². The fraction of sp³-hybridized carbons (Fsp3) is 0.375. The summed E-state index contributed by atoms with van der Waals surface area (Å²) in [7, 11) is 0. The lowest BCUT2D eigenvalue weighted by Gasteiger charge is -2.17. The number of fused-ring (bicyclic) bond motifs is 1. The summed E-state index contributed by atoms with van der Waals surface area (Å²) in [6.07, 6.45) is 5.15. The van der Waals surface area contributed by atoms with Crippen molar-refractivity contribution in [2.75, 3.05) is 0 Å². The second-order valence-corrected chi connectivity index (χ2v) is 5.12. The second-order valence-electron chi connectivity index (χ2n) is 5.12. The van der Waals surface area contributed by atoms with Crippen molar-refractivity contribution in [3.63, 3.8) is 0 Å². The Hall–Kier alpha value is -1.90. The quantitative estimate of drug-likeness (QED) is 0.895. The van der Waals surface area contributed by atoms with Crippen LogP contribution in [0.3, 0.4) is 0 Å². The van der Waals surface area contributed by atoms with Gasteiger partial charge in [-0.25, -0.2) is 5.10 Å². The Balaban J connectivity index is 2.11. The number of aryl methyl sites for hydroxylation is 1. The van der Waals surface area contributed by atoms with E-state index in [1.54, 1.807) is 0 Å². The third-order valence-electron chi connectivity index (χ3n) is 3.93. The minimum absolute atomic E-state index is 0.0105. The average molecular weight is 254 g/mol. The molecule has 3 rings (SSSR count). The number of rotatable bonds is 2. The van der Waals surface area contributed by atoms with Gasteiger partial charge in [0, 0.05) is 11.1 Å². The van der Waals surface area contributed by atoms with Gasteiger partial charge >= 0.3 is 0 Å². The number of aromatic nitrogens is 2. The summed E-state index contributed by atoms with van der Waals surface area (Å²) in [5.74, 6) is 0. The predicted octanol–water partition coefficient (Wildman–Crippen LogP) is 2.88. The molecule has 0 aliphatic heterocycles. The van der Waals surface area contributed by atoms with Crippen molar-refractivity contribution in [2.24, 2.45) is 0 Å². The third-order valence-corrected chi connectivity index (χ3v) is 3.93. The van der Waals surface area contributed by atoms with Crippen molar-refractivity contribution >= 4 is 0 Å². The molecule has 1 N–H and O–H groups in total. The molecule has 0 unspecified atom stereocenters. The molecule has 0 amide bonds. The van der Waals surface area contributed by atoms with Crippen molar-refractivity contribution in [1.29, 1.82) is 0 Å². The molecule has 0 fully saturated rings. The van der Waals surface area contributed by atoms with Crippen molar-refractivity contribution in [1.82, 2.24) is 10.2 Å². The molecular weight excluding hydrogens is 236 g/mol. The summed E-state index contributed by atoms with van der Waals surface area (Å²) in [4.78, 5) is 11.8. The highest BCUT2D eigenvalue weighted by atomic mass is 16.1. The summed E-state index contributed by atoms with van der Waals surface area (Å²) in [6, 6.07) is 8.48. The summed E-state index contributed by atoms with van der Waals surface area (Å²) in [5.41, 5.74) is 5.46. The largest absolute Gasteiger partial charge is 0.268 e. The van der Waals surface area contributed by atoms with Gasteiger partial charge in [0.15, 0.2) is 0 Å². The lowest BCUT2D eigenvalue weighted by molar-refractivity contribution is 0.669. The van der Waals surface area contributed by atoms with Crippen molar-refractivity contribution in [3.8, 4) is 11.3 Å². The van der Waals surface area contributed by atoms with Gasteiger partial charge in [0.1, 0.15) is 0 Å². The normalized spacial score (nSPS) is 14.2. The molecule has 1 aliphatic rings. The molecule has 1 aromatic carbocycles. The van der Waals surface area contributed by atoms with Gasteiger partial charge in [-0.05, 0) is 43.2 Å². The van der Waals surface area contributed by atoms with Crippen LogP contribution in [0.15, 0.2) is 29.1 Å². The van der Waals surface area contributed by atoms with E-state index in [2.05, 4.69) is 41.4 Å². The van der Waals surface area contributed by atoms with Gasteiger partial charge in [0.05, 0.1) is 5.69 Å². The Bertz CT molecular complexity index is 641. The van der Waals surface area contributed by atoms with Crippen LogP contribution in [0.4, 0.5) is 0 Å². The van der Waals surface area contributed by atoms with Crippen LogP contribution in [-0.4, -0.2) is 10.2 Å². The number of hydrogen-bond acceptors (Lipinski definition) is 2. The van der Waals surface area contributed by atoms with Gasteiger partial charge in [0.2, 0.25) is 0 Å².